The molecule has 0 saturated carbocycles. The normalized spacial score (nSPS) is 10.9. The fourth-order valence-electron chi connectivity index (χ4n) is 2.63. The van der Waals surface area contributed by atoms with Gasteiger partial charge >= 0.3 is 0 Å². The number of hydrogen-bond acceptors (Lipinski definition) is 11. The van der Waals surface area contributed by atoms with E-state index in [4.69, 9.17) is 9.47 Å². The van der Waals surface area contributed by atoms with Gasteiger partial charge in [0.2, 0.25) is 10.1 Å². The van der Waals surface area contributed by atoms with Crippen LogP contribution in [0.3, 0.4) is 0 Å². The highest BCUT2D eigenvalue weighted by Gasteiger charge is 2.14. The number of aryl methyl sites for hydroxylation is 1. The van der Waals surface area contributed by atoms with Crippen molar-refractivity contribution in [1.82, 2.24) is 24.8 Å². The van der Waals surface area contributed by atoms with E-state index in [2.05, 4.69) is 25.6 Å². The third-order valence-corrected chi connectivity index (χ3v) is 6.84. The van der Waals surface area contributed by atoms with Crippen molar-refractivity contribution < 1.29 is 14.3 Å². The van der Waals surface area contributed by atoms with E-state index in [1.165, 1.54) is 59.2 Å². The molecule has 3 aromatic heterocycles. The number of carbonyl (C=O) groups is 1. The fraction of sp³-hybridized carbons (Fsp3) is 0.222. The number of methoxy groups -OCH3 is 2. The number of benzene rings is 1. The maximum Gasteiger partial charge on any atom is 0.275 e. The lowest BCUT2D eigenvalue weighted by Gasteiger charge is -2.08. The van der Waals surface area contributed by atoms with Gasteiger partial charge in [0.25, 0.3) is 11.5 Å². The number of carbonyl (C=O) groups excluding carboxylic acids is 1. The minimum Gasteiger partial charge on any atom is -0.493 e. The summed E-state index contributed by atoms with van der Waals surface area (Å²) in [7, 11) is 3.03. The topological polar surface area (TPSA) is 121 Å². The highest BCUT2D eigenvalue weighted by molar-refractivity contribution is 8.00. The maximum absolute atomic E-state index is 12.5. The standard InChI is InChI=1S/C18H16N6O4S3/c1-9-23-24-14(25)7-11(19-17(24)30-9)8-29-18-22-21-16(31-18)20-15(26)10-4-5-12(27-2)13(6-10)28-3/h4-7H,8H2,1-3H3,(H,20,21,26). The summed E-state index contributed by atoms with van der Waals surface area (Å²) in [6.45, 7) is 1.83. The molecule has 160 valence electrons. The zero-order chi connectivity index (χ0) is 22.0. The number of nitrogens with one attached hydrogen (secondary N) is 1. The molecule has 0 aliphatic heterocycles. The van der Waals surface area contributed by atoms with Gasteiger partial charge in [-0.25, -0.2) is 4.98 Å². The van der Waals surface area contributed by atoms with Crippen LogP contribution in [0.15, 0.2) is 33.4 Å². The molecule has 1 aromatic carbocycles. The molecule has 4 rings (SSSR count). The van der Waals surface area contributed by atoms with Crippen molar-refractivity contribution in [2.75, 3.05) is 19.5 Å². The van der Waals surface area contributed by atoms with Crippen LogP contribution < -0.4 is 20.3 Å². The van der Waals surface area contributed by atoms with Crippen LogP contribution in [-0.4, -0.2) is 44.9 Å². The van der Waals surface area contributed by atoms with Crippen LogP contribution in [0, 0.1) is 6.92 Å². The molecule has 10 nitrogen and oxygen atoms in total. The van der Waals surface area contributed by atoms with Crippen LogP contribution in [0.1, 0.15) is 21.1 Å². The number of ether oxygens (including phenoxy) is 2. The van der Waals surface area contributed by atoms with E-state index in [-0.39, 0.29) is 11.5 Å². The molecule has 0 atom stereocenters. The number of fused-ring (bicyclic) bond motifs is 1. The van der Waals surface area contributed by atoms with Crippen LogP contribution in [0.5, 0.6) is 11.5 Å². The Morgan fingerprint density at radius 2 is 1.97 bits per heavy atom. The summed E-state index contributed by atoms with van der Waals surface area (Å²) in [6.07, 6.45) is 0. The van der Waals surface area contributed by atoms with E-state index >= 15 is 0 Å². The second-order valence-corrected chi connectivity index (χ2v) is 9.45. The molecule has 4 aromatic rings. The zero-order valence-electron chi connectivity index (χ0n) is 16.6. The maximum atomic E-state index is 12.5. The van der Waals surface area contributed by atoms with Gasteiger partial charge < -0.3 is 9.47 Å². The van der Waals surface area contributed by atoms with E-state index < -0.39 is 0 Å². The van der Waals surface area contributed by atoms with Crippen LogP contribution in [0.4, 0.5) is 5.13 Å². The van der Waals surface area contributed by atoms with Gasteiger partial charge in [-0.2, -0.15) is 9.61 Å². The lowest BCUT2D eigenvalue weighted by Crippen LogP contribution is -2.15. The molecule has 3 heterocycles. The Balaban J connectivity index is 1.41. The minimum atomic E-state index is -0.339. The molecule has 0 unspecified atom stereocenters. The van der Waals surface area contributed by atoms with Crippen molar-refractivity contribution in [3.05, 3.63) is 50.9 Å². The lowest BCUT2D eigenvalue weighted by molar-refractivity contribution is 0.102. The van der Waals surface area contributed by atoms with Gasteiger partial charge in [0.15, 0.2) is 15.8 Å². The molecule has 1 amide bonds. The van der Waals surface area contributed by atoms with Gasteiger partial charge in [-0.1, -0.05) is 34.4 Å². The van der Waals surface area contributed by atoms with Crippen LogP contribution in [-0.2, 0) is 5.75 Å². The summed E-state index contributed by atoms with van der Waals surface area (Å²) in [6, 6.07) is 6.34. The number of hydrogen-bond donors (Lipinski definition) is 1. The third kappa shape index (κ3) is 4.68. The second-order valence-electron chi connectivity index (χ2n) is 6.09. The van der Waals surface area contributed by atoms with E-state index in [0.717, 1.165) is 5.01 Å². The summed E-state index contributed by atoms with van der Waals surface area (Å²) in [5, 5.41) is 16.1. The van der Waals surface area contributed by atoms with Gasteiger partial charge in [0.1, 0.15) is 5.01 Å². The average Bonchev–Trinajstić information content (AvgIpc) is 3.37. The molecule has 0 bridgehead atoms. The van der Waals surface area contributed by atoms with Crippen molar-refractivity contribution >= 4 is 50.4 Å². The van der Waals surface area contributed by atoms with E-state index in [0.29, 0.717) is 42.9 Å². The molecule has 0 fully saturated rings. The van der Waals surface area contributed by atoms with Gasteiger partial charge in [-0.15, -0.1) is 10.2 Å². The first-order chi connectivity index (χ1) is 15.0. The Kier molecular flexibility index (Phi) is 6.15. The quantitative estimate of drug-likeness (QED) is 0.317. The molecule has 1 N–H and O–H groups in total. The SMILES string of the molecule is COc1ccc(C(=O)Nc2nnc(SCc3cc(=O)n4nc(C)sc4n3)s2)cc1OC. The molecule has 31 heavy (non-hydrogen) atoms. The first kappa shape index (κ1) is 21.2. The summed E-state index contributed by atoms with van der Waals surface area (Å²) in [4.78, 5) is 29.7. The van der Waals surface area contributed by atoms with Crippen molar-refractivity contribution in [3.8, 4) is 11.5 Å². The molecule has 0 saturated heterocycles. The third-order valence-electron chi connectivity index (χ3n) is 4.02. The Morgan fingerprint density at radius 3 is 2.74 bits per heavy atom. The number of thioether (sulfide) groups is 1. The molecule has 13 heteroatoms. The Labute approximate surface area is 188 Å². The van der Waals surface area contributed by atoms with E-state index in [9.17, 15) is 9.59 Å². The van der Waals surface area contributed by atoms with Gasteiger partial charge in [-0.05, 0) is 25.1 Å². The predicted octanol–water partition coefficient (Wildman–Crippen LogP) is 2.87. The molecule has 0 aliphatic carbocycles. The largest absolute Gasteiger partial charge is 0.493 e. The highest BCUT2D eigenvalue weighted by atomic mass is 32.2. The fourth-order valence-corrected chi connectivity index (χ4v) is 5.03. The Bertz CT molecular complexity index is 1320. The average molecular weight is 477 g/mol. The number of aromatic nitrogens is 5. The second kappa shape index (κ2) is 8.99. The smallest absolute Gasteiger partial charge is 0.275 e. The summed E-state index contributed by atoms with van der Waals surface area (Å²) in [5.74, 6) is 1.10. The summed E-state index contributed by atoms with van der Waals surface area (Å²) in [5.41, 5.74) is 0.815. The van der Waals surface area contributed by atoms with Gasteiger partial charge in [0, 0.05) is 17.4 Å². The van der Waals surface area contributed by atoms with Crippen molar-refractivity contribution in [2.45, 2.75) is 17.0 Å². The number of nitrogens with zero attached hydrogens (tertiary/aromatic N) is 5. The summed E-state index contributed by atoms with van der Waals surface area (Å²) >= 11 is 3.98. The first-order valence-corrected chi connectivity index (χ1v) is 11.4. The van der Waals surface area contributed by atoms with Crippen LogP contribution in [0.25, 0.3) is 4.96 Å². The number of rotatable bonds is 7. The first-order valence-electron chi connectivity index (χ1n) is 8.83. The monoisotopic (exact) mass is 476 g/mol. The van der Waals surface area contributed by atoms with Gasteiger partial charge in [-0.3, -0.25) is 14.9 Å². The van der Waals surface area contributed by atoms with Crippen LogP contribution >= 0.6 is 34.4 Å². The van der Waals surface area contributed by atoms with E-state index in [1.807, 2.05) is 6.92 Å². The van der Waals surface area contributed by atoms with Crippen molar-refractivity contribution in [3.63, 3.8) is 0 Å². The minimum absolute atomic E-state index is 0.218. The molecule has 0 spiro atoms. The Hall–Kier alpha value is -3.03. The van der Waals surface area contributed by atoms with Crippen LogP contribution in [0.2, 0.25) is 0 Å². The summed E-state index contributed by atoms with van der Waals surface area (Å²) < 4.78 is 12.3. The van der Waals surface area contributed by atoms with Gasteiger partial charge in [0.05, 0.1) is 19.9 Å². The molecular weight excluding hydrogens is 460 g/mol. The number of anilines is 1. The van der Waals surface area contributed by atoms with Crippen molar-refractivity contribution in [1.29, 1.82) is 0 Å². The predicted molar refractivity (Wildman–Crippen MR) is 119 cm³/mol. The zero-order valence-corrected chi connectivity index (χ0v) is 19.1. The lowest BCUT2D eigenvalue weighted by atomic mass is 10.2. The molecule has 0 radical (unpaired) electrons. The number of amides is 1. The molecule has 0 aliphatic rings. The highest BCUT2D eigenvalue weighted by Crippen LogP contribution is 2.30. The Morgan fingerprint density at radius 1 is 1.16 bits per heavy atom. The molecular formula is C18H16N6O4S3. The van der Waals surface area contributed by atoms with E-state index in [1.54, 1.807) is 18.2 Å². The van der Waals surface area contributed by atoms with Crippen molar-refractivity contribution in [2.24, 2.45) is 0 Å².